The van der Waals surface area contributed by atoms with E-state index in [1.165, 1.54) is 0 Å². The number of imidazole rings is 1. The molecule has 0 fully saturated rings. The first-order valence-corrected chi connectivity index (χ1v) is 11.9. The molecule has 0 atom stereocenters. The topological polar surface area (TPSA) is 54.5 Å². The zero-order chi connectivity index (χ0) is 24.2. The molecule has 2 aromatic heterocycles. The van der Waals surface area contributed by atoms with Crippen molar-refractivity contribution in [1.29, 1.82) is 5.26 Å². The van der Waals surface area contributed by atoms with Crippen molar-refractivity contribution in [3.05, 3.63) is 109 Å². The molecule has 7 aromatic rings. The number of hydrogen-bond donors (Lipinski definition) is 0. The van der Waals surface area contributed by atoms with E-state index in [4.69, 9.17) is 9.97 Å². The molecular formula is C32H20N4. The molecule has 2 heterocycles. The van der Waals surface area contributed by atoms with E-state index in [1.807, 2.05) is 36.4 Å². The molecule has 5 aromatic carbocycles. The van der Waals surface area contributed by atoms with Gasteiger partial charge in [-0.05, 0) is 35.9 Å². The molecule has 0 saturated carbocycles. The minimum atomic E-state index is 0.635. The molecular weight excluding hydrogens is 440 g/mol. The monoisotopic (exact) mass is 460 g/mol. The van der Waals surface area contributed by atoms with Crippen molar-refractivity contribution < 1.29 is 0 Å². The number of pyridine rings is 1. The number of rotatable bonds is 2. The molecule has 0 amide bonds. The molecule has 4 nitrogen and oxygen atoms in total. The second kappa shape index (κ2) is 7.76. The van der Waals surface area contributed by atoms with Crippen molar-refractivity contribution in [3.63, 3.8) is 0 Å². The van der Waals surface area contributed by atoms with E-state index in [-0.39, 0.29) is 0 Å². The quantitative estimate of drug-likeness (QED) is 0.197. The number of aromatic nitrogens is 3. The molecule has 0 N–H and O–H groups in total. The lowest BCUT2D eigenvalue weighted by Crippen LogP contribution is -1.95. The van der Waals surface area contributed by atoms with Crippen LogP contribution >= 0.6 is 0 Å². The van der Waals surface area contributed by atoms with Gasteiger partial charge in [0.25, 0.3) is 0 Å². The van der Waals surface area contributed by atoms with Crippen molar-refractivity contribution in [2.75, 3.05) is 0 Å². The van der Waals surface area contributed by atoms with E-state index in [0.29, 0.717) is 5.56 Å². The Morgan fingerprint density at radius 1 is 0.639 bits per heavy atom. The fourth-order valence-corrected chi connectivity index (χ4v) is 5.37. The van der Waals surface area contributed by atoms with Crippen molar-refractivity contribution >= 4 is 43.6 Å². The van der Waals surface area contributed by atoms with E-state index in [2.05, 4.69) is 84.4 Å². The van der Waals surface area contributed by atoms with Crippen LogP contribution in [-0.4, -0.2) is 14.5 Å². The van der Waals surface area contributed by atoms with Crippen molar-refractivity contribution in [1.82, 2.24) is 14.5 Å². The highest BCUT2D eigenvalue weighted by atomic mass is 15.1. The average molecular weight is 461 g/mol. The summed E-state index contributed by atoms with van der Waals surface area (Å²) in [5, 5.41) is 13.7. The Morgan fingerprint density at radius 3 is 2.06 bits per heavy atom. The van der Waals surface area contributed by atoms with E-state index in [0.717, 1.165) is 66.1 Å². The Hall–Kier alpha value is -5.01. The summed E-state index contributed by atoms with van der Waals surface area (Å²) in [4.78, 5) is 10.4. The molecule has 36 heavy (non-hydrogen) atoms. The SMILES string of the molecule is Cn1c(-c2ccc(C#N)cc2)nc2c3c(-c4ccccc4)c4ccccc4nc3c3ccccc3c21. The maximum absolute atomic E-state index is 9.25. The second-order valence-electron chi connectivity index (χ2n) is 9.02. The summed E-state index contributed by atoms with van der Waals surface area (Å²) < 4.78 is 2.17. The van der Waals surface area contributed by atoms with E-state index in [9.17, 15) is 5.26 Å². The van der Waals surface area contributed by atoms with E-state index >= 15 is 0 Å². The third-order valence-corrected chi connectivity index (χ3v) is 7.00. The molecule has 0 spiro atoms. The van der Waals surface area contributed by atoms with Crippen molar-refractivity contribution in [2.24, 2.45) is 7.05 Å². The Kier molecular flexibility index (Phi) is 4.39. The molecule has 168 valence electrons. The third-order valence-electron chi connectivity index (χ3n) is 7.00. The lowest BCUT2D eigenvalue weighted by atomic mass is 9.93. The standard InChI is InChI=1S/C32H20N4/c1-36-31-24-12-6-5-11-23(24)29-28(30(31)35-32(36)22-17-15-20(19-33)16-18-22)27(21-9-3-2-4-10-21)25-13-7-8-14-26(25)34-29/h2-18H,1H3. The fourth-order valence-electron chi connectivity index (χ4n) is 5.37. The van der Waals surface area contributed by atoms with Crippen LogP contribution in [0.25, 0.3) is 66.1 Å². The number of para-hydroxylation sites is 1. The van der Waals surface area contributed by atoms with Gasteiger partial charge in [0.15, 0.2) is 0 Å². The van der Waals surface area contributed by atoms with Crippen LogP contribution in [0, 0.1) is 11.3 Å². The lowest BCUT2D eigenvalue weighted by Gasteiger charge is -2.14. The normalized spacial score (nSPS) is 11.4. The summed E-state index contributed by atoms with van der Waals surface area (Å²) in [5.74, 6) is 0.860. The van der Waals surface area contributed by atoms with E-state index < -0.39 is 0 Å². The van der Waals surface area contributed by atoms with Gasteiger partial charge in [0.05, 0.1) is 33.7 Å². The predicted octanol–water partition coefficient (Wildman–Crippen LogP) is 7.63. The van der Waals surface area contributed by atoms with Crippen molar-refractivity contribution in [2.45, 2.75) is 0 Å². The first-order valence-electron chi connectivity index (χ1n) is 11.9. The first kappa shape index (κ1) is 20.4. The highest BCUT2D eigenvalue weighted by Gasteiger charge is 2.22. The van der Waals surface area contributed by atoms with Crippen LogP contribution in [0.15, 0.2) is 103 Å². The van der Waals surface area contributed by atoms with Gasteiger partial charge in [0, 0.05) is 39.7 Å². The Labute approximate surface area is 207 Å². The van der Waals surface area contributed by atoms with Crippen LogP contribution in [-0.2, 0) is 7.05 Å². The molecule has 0 unspecified atom stereocenters. The zero-order valence-corrected chi connectivity index (χ0v) is 19.6. The predicted molar refractivity (Wildman–Crippen MR) is 147 cm³/mol. The lowest BCUT2D eigenvalue weighted by molar-refractivity contribution is 0.962. The summed E-state index contributed by atoms with van der Waals surface area (Å²) >= 11 is 0. The van der Waals surface area contributed by atoms with Gasteiger partial charge in [-0.25, -0.2) is 9.97 Å². The van der Waals surface area contributed by atoms with Gasteiger partial charge in [-0.15, -0.1) is 0 Å². The van der Waals surface area contributed by atoms with E-state index in [1.54, 1.807) is 0 Å². The number of nitrogens with zero attached hydrogens (tertiary/aromatic N) is 4. The second-order valence-corrected chi connectivity index (χ2v) is 9.02. The minimum Gasteiger partial charge on any atom is -0.327 e. The molecule has 0 aliphatic heterocycles. The van der Waals surface area contributed by atoms with Gasteiger partial charge in [-0.2, -0.15) is 5.26 Å². The van der Waals surface area contributed by atoms with Gasteiger partial charge < -0.3 is 4.57 Å². The summed E-state index contributed by atoms with van der Waals surface area (Å²) in [7, 11) is 2.07. The maximum atomic E-state index is 9.25. The number of aryl methyl sites for hydroxylation is 1. The van der Waals surface area contributed by atoms with Gasteiger partial charge >= 0.3 is 0 Å². The molecule has 7 rings (SSSR count). The van der Waals surface area contributed by atoms with Crippen LogP contribution in [0.2, 0.25) is 0 Å². The number of fused-ring (bicyclic) bond motifs is 7. The van der Waals surface area contributed by atoms with Gasteiger partial charge in [-0.1, -0.05) is 72.8 Å². The van der Waals surface area contributed by atoms with Crippen LogP contribution in [0.3, 0.4) is 0 Å². The highest BCUT2D eigenvalue weighted by molar-refractivity contribution is 6.29. The Bertz CT molecular complexity index is 1990. The Morgan fingerprint density at radius 2 is 1.31 bits per heavy atom. The highest BCUT2D eigenvalue weighted by Crippen LogP contribution is 2.43. The summed E-state index contributed by atoms with van der Waals surface area (Å²) in [6.45, 7) is 0. The molecule has 0 saturated heterocycles. The molecule has 4 heteroatoms. The molecule has 0 radical (unpaired) electrons. The number of benzene rings is 5. The first-order chi connectivity index (χ1) is 17.7. The third kappa shape index (κ3) is 2.87. The molecule has 0 bridgehead atoms. The van der Waals surface area contributed by atoms with Gasteiger partial charge in [0.1, 0.15) is 5.82 Å². The van der Waals surface area contributed by atoms with Crippen LogP contribution < -0.4 is 0 Å². The van der Waals surface area contributed by atoms with Crippen molar-refractivity contribution in [3.8, 4) is 28.6 Å². The van der Waals surface area contributed by atoms with Crippen LogP contribution in [0.4, 0.5) is 0 Å². The van der Waals surface area contributed by atoms with Gasteiger partial charge in [0.2, 0.25) is 0 Å². The molecule has 0 aliphatic rings. The fraction of sp³-hybridized carbons (Fsp3) is 0.0312. The van der Waals surface area contributed by atoms with Crippen LogP contribution in [0.5, 0.6) is 0 Å². The smallest absolute Gasteiger partial charge is 0.140 e. The summed E-state index contributed by atoms with van der Waals surface area (Å²) in [6, 6.07) is 37.1. The number of nitriles is 1. The minimum absolute atomic E-state index is 0.635. The average Bonchev–Trinajstić information content (AvgIpc) is 3.29. The van der Waals surface area contributed by atoms with Gasteiger partial charge in [-0.3, -0.25) is 0 Å². The number of hydrogen-bond acceptors (Lipinski definition) is 3. The maximum Gasteiger partial charge on any atom is 0.140 e. The summed E-state index contributed by atoms with van der Waals surface area (Å²) in [5.41, 5.74) is 7.83. The van der Waals surface area contributed by atoms with Crippen LogP contribution in [0.1, 0.15) is 5.56 Å². The zero-order valence-electron chi connectivity index (χ0n) is 19.6. The molecule has 0 aliphatic carbocycles. The largest absolute Gasteiger partial charge is 0.327 e. The summed E-state index contributed by atoms with van der Waals surface area (Å²) in [6.07, 6.45) is 0. The Balaban J connectivity index is 1.73.